The number of hydrogen-bond donors (Lipinski definition) is 1. The monoisotopic (exact) mass is 464 g/mol. The molecule has 4 rings (SSSR count). The zero-order valence-electron chi connectivity index (χ0n) is 17.3. The molecule has 33 heavy (non-hydrogen) atoms. The minimum atomic E-state index is -0.496. The number of fused-ring (bicyclic) bond motifs is 1. The van der Waals surface area contributed by atoms with Crippen molar-refractivity contribution in [2.75, 3.05) is 6.79 Å². The number of halogens is 2. The average molecular weight is 465 g/mol. The summed E-state index contributed by atoms with van der Waals surface area (Å²) >= 11 is 6.01. The van der Waals surface area contributed by atoms with E-state index in [0.717, 1.165) is 5.56 Å². The number of hydrogen-bond acceptors (Lipinski definition) is 5. The second-order valence-electron chi connectivity index (χ2n) is 7.10. The molecular formula is C25H18ClFN2O4. The topological polar surface area (TPSA) is 80.6 Å². The van der Waals surface area contributed by atoms with Crippen LogP contribution in [-0.4, -0.2) is 12.7 Å². The van der Waals surface area contributed by atoms with Gasteiger partial charge in [0.25, 0.3) is 5.91 Å². The summed E-state index contributed by atoms with van der Waals surface area (Å²) in [6, 6.07) is 18.5. The summed E-state index contributed by atoms with van der Waals surface area (Å²) in [7, 11) is 0. The quantitative estimate of drug-likeness (QED) is 0.392. The van der Waals surface area contributed by atoms with Gasteiger partial charge in [-0.2, -0.15) is 5.26 Å². The number of amides is 1. The van der Waals surface area contributed by atoms with Gasteiger partial charge in [0.2, 0.25) is 6.79 Å². The predicted molar refractivity (Wildman–Crippen MR) is 120 cm³/mol. The molecule has 6 nitrogen and oxygen atoms in total. The minimum absolute atomic E-state index is 0.0214. The third-order valence-electron chi connectivity index (χ3n) is 4.89. The molecule has 0 unspecified atom stereocenters. The number of carbonyl (C=O) groups excluding carboxylic acids is 1. The lowest BCUT2D eigenvalue weighted by molar-refractivity contribution is -0.117. The molecule has 3 aromatic carbocycles. The fourth-order valence-electron chi connectivity index (χ4n) is 3.13. The summed E-state index contributed by atoms with van der Waals surface area (Å²) in [5.41, 5.74) is 1.69. The zero-order chi connectivity index (χ0) is 23.2. The molecule has 0 spiro atoms. The standard InChI is InChI=1S/C25H18ClFN2O4/c26-21-2-1-3-22(27)20(21)14-31-19-7-4-16(5-8-19)10-18(12-28)25(30)29-13-17-6-9-23-24(11-17)33-15-32-23/h1-11H,13-15H2,(H,29,30). The largest absolute Gasteiger partial charge is 0.489 e. The molecule has 0 aliphatic carbocycles. The van der Waals surface area contributed by atoms with Crippen molar-refractivity contribution in [1.82, 2.24) is 5.32 Å². The van der Waals surface area contributed by atoms with E-state index in [1.165, 1.54) is 18.2 Å². The molecule has 0 saturated carbocycles. The molecule has 1 aliphatic rings. The van der Waals surface area contributed by atoms with Crippen LogP contribution < -0.4 is 19.5 Å². The number of benzene rings is 3. The molecule has 3 aromatic rings. The van der Waals surface area contributed by atoms with Gasteiger partial charge in [0, 0.05) is 12.1 Å². The Morgan fingerprint density at radius 1 is 1.15 bits per heavy atom. The van der Waals surface area contributed by atoms with Crippen molar-refractivity contribution in [3.05, 3.63) is 93.8 Å². The Morgan fingerprint density at radius 3 is 2.70 bits per heavy atom. The van der Waals surface area contributed by atoms with Gasteiger partial charge in [0.1, 0.15) is 29.8 Å². The number of carbonyl (C=O) groups is 1. The SMILES string of the molecule is N#CC(=Cc1ccc(OCc2c(F)cccc2Cl)cc1)C(=O)NCc1ccc2c(c1)OCO2. The molecule has 0 aromatic heterocycles. The van der Waals surface area contributed by atoms with Gasteiger partial charge in [-0.1, -0.05) is 35.9 Å². The molecular weight excluding hydrogens is 447 g/mol. The van der Waals surface area contributed by atoms with Crippen LogP contribution in [0.2, 0.25) is 5.02 Å². The third-order valence-corrected chi connectivity index (χ3v) is 5.25. The number of ether oxygens (including phenoxy) is 3. The summed E-state index contributed by atoms with van der Waals surface area (Å²) in [6.07, 6.45) is 1.48. The van der Waals surface area contributed by atoms with Crippen molar-refractivity contribution in [1.29, 1.82) is 5.26 Å². The Hall–Kier alpha value is -4.02. The van der Waals surface area contributed by atoms with E-state index in [4.69, 9.17) is 25.8 Å². The van der Waals surface area contributed by atoms with Crippen molar-refractivity contribution < 1.29 is 23.4 Å². The number of nitriles is 1. The maximum Gasteiger partial charge on any atom is 0.262 e. The molecule has 0 atom stereocenters. The number of nitrogens with one attached hydrogen (secondary N) is 1. The van der Waals surface area contributed by atoms with Crippen molar-refractivity contribution in [2.24, 2.45) is 0 Å². The van der Waals surface area contributed by atoms with E-state index in [1.54, 1.807) is 42.5 Å². The van der Waals surface area contributed by atoms with Gasteiger partial charge in [-0.15, -0.1) is 0 Å². The Bertz CT molecular complexity index is 1230. The summed E-state index contributed by atoms with van der Waals surface area (Å²) in [5.74, 6) is 0.846. The second-order valence-corrected chi connectivity index (χ2v) is 7.51. The van der Waals surface area contributed by atoms with Crippen LogP contribution in [-0.2, 0) is 17.9 Å². The zero-order valence-corrected chi connectivity index (χ0v) is 18.1. The lowest BCUT2D eigenvalue weighted by atomic mass is 10.1. The van der Waals surface area contributed by atoms with Crippen LogP contribution in [0.25, 0.3) is 6.08 Å². The third kappa shape index (κ3) is 5.43. The van der Waals surface area contributed by atoms with Gasteiger partial charge in [-0.3, -0.25) is 4.79 Å². The van der Waals surface area contributed by atoms with Gasteiger partial charge in [0.15, 0.2) is 11.5 Å². The molecule has 0 radical (unpaired) electrons. The highest BCUT2D eigenvalue weighted by atomic mass is 35.5. The van der Waals surface area contributed by atoms with Crippen LogP contribution in [0.5, 0.6) is 17.2 Å². The Kier molecular flexibility index (Phi) is 6.77. The first-order chi connectivity index (χ1) is 16.0. The second kappa shape index (κ2) is 10.1. The highest BCUT2D eigenvalue weighted by Crippen LogP contribution is 2.32. The van der Waals surface area contributed by atoms with Crippen molar-refractivity contribution in [3.63, 3.8) is 0 Å². The van der Waals surface area contributed by atoms with E-state index < -0.39 is 11.7 Å². The lowest BCUT2D eigenvalue weighted by Gasteiger charge is -2.09. The minimum Gasteiger partial charge on any atom is -0.489 e. The summed E-state index contributed by atoms with van der Waals surface area (Å²) in [4.78, 5) is 12.4. The first-order valence-corrected chi connectivity index (χ1v) is 10.4. The first-order valence-electron chi connectivity index (χ1n) is 9.98. The van der Waals surface area contributed by atoms with Crippen molar-refractivity contribution in [2.45, 2.75) is 13.2 Å². The first kappa shape index (κ1) is 22.2. The van der Waals surface area contributed by atoms with Crippen LogP contribution in [0.15, 0.2) is 66.2 Å². The lowest BCUT2D eigenvalue weighted by Crippen LogP contribution is -2.23. The summed E-state index contributed by atoms with van der Waals surface area (Å²) in [5, 5.41) is 12.4. The molecule has 0 saturated heterocycles. The van der Waals surface area contributed by atoms with Crippen LogP contribution in [0, 0.1) is 17.1 Å². The van der Waals surface area contributed by atoms with E-state index in [9.17, 15) is 14.4 Å². The highest BCUT2D eigenvalue weighted by molar-refractivity contribution is 6.31. The van der Waals surface area contributed by atoms with Crippen LogP contribution in [0.4, 0.5) is 4.39 Å². The number of rotatable bonds is 7. The van der Waals surface area contributed by atoms with Gasteiger partial charge >= 0.3 is 0 Å². The van der Waals surface area contributed by atoms with E-state index in [-0.39, 0.29) is 31.1 Å². The average Bonchev–Trinajstić information content (AvgIpc) is 3.29. The van der Waals surface area contributed by atoms with Gasteiger partial charge in [0.05, 0.1) is 5.02 Å². The van der Waals surface area contributed by atoms with E-state index in [0.29, 0.717) is 27.8 Å². The van der Waals surface area contributed by atoms with E-state index in [2.05, 4.69) is 5.32 Å². The molecule has 166 valence electrons. The smallest absolute Gasteiger partial charge is 0.262 e. The Labute approximate surface area is 194 Å². The highest BCUT2D eigenvalue weighted by Gasteiger charge is 2.14. The fourth-order valence-corrected chi connectivity index (χ4v) is 3.35. The van der Waals surface area contributed by atoms with Gasteiger partial charge in [-0.05, 0) is 53.6 Å². The van der Waals surface area contributed by atoms with Crippen molar-refractivity contribution in [3.8, 4) is 23.3 Å². The molecule has 8 heteroatoms. The molecule has 1 amide bonds. The van der Waals surface area contributed by atoms with E-state index >= 15 is 0 Å². The Morgan fingerprint density at radius 2 is 1.94 bits per heavy atom. The van der Waals surface area contributed by atoms with Crippen molar-refractivity contribution >= 4 is 23.6 Å². The maximum absolute atomic E-state index is 13.9. The van der Waals surface area contributed by atoms with Crippen LogP contribution in [0.1, 0.15) is 16.7 Å². The summed E-state index contributed by atoms with van der Waals surface area (Å²) < 4.78 is 30.0. The van der Waals surface area contributed by atoms with E-state index in [1.807, 2.05) is 12.1 Å². The van der Waals surface area contributed by atoms with Gasteiger partial charge < -0.3 is 19.5 Å². The molecule has 0 bridgehead atoms. The van der Waals surface area contributed by atoms with Crippen LogP contribution >= 0.6 is 11.6 Å². The normalized spacial score (nSPS) is 12.2. The maximum atomic E-state index is 13.9. The molecule has 1 heterocycles. The summed E-state index contributed by atoms with van der Waals surface area (Å²) in [6.45, 7) is 0.388. The van der Waals surface area contributed by atoms with Crippen LogP contribution in [0.3, 0.4) is 0 Å². The molecule has 1 N–H and O–H groups in total. The predicted octanol–water partition coefficient (Wildman–Crippen LogP) is 5.01. The molecule has 0 fully saturated rings. The number of nitrogens with zero attached hydrogens (tertiary/aromatic N) is 1. The van der Waals surface area contributed by atoms with Gasteiger partial charge in [-0.25, -0.2) is 4.39 Å². The fraction of sp³-hybridized carbons (Fsp3) is 0.120. The Balaban J connectivity index is 1.36. The molecule has 1 aliphatic heterocycles.